The van der Waals surface area contributed by atoms with Crippen molar-refractivity contribution in [2.45, 2.75) is 37.7 Å². The maximum atomic E-state index is 14.0. The number of benzene rings is 1. The molecule has 2 fully saturated rings. The number of hydrogen-bond acceptors (Lipinski definition) is 2. The number of likely N-dealkylation sites (tertiary alicyclic amines) is 1. The molecule has 6 heteroatoms. The summed E-state index contributed by atoms with van der Waals surface area (Å²) in [6, 6.07) is 3.64. The van der Waals surface area contributed by atoms with Gasteiger partial charge in [0.25, 0.3) is 0 Å². The summed E-state index contributed by atoms with van der Waals surface area (Å²) < 4.78 is 27.9. The zero-order valence-electron chi connectivity index (χ0n) is 13.2. The standard InChI is InChI=1S/C17H22F2N2O2/c1-11(22)12-5-8-21(9-12)16(23)20-10-17(6-7-17)15-13(18)3-2-4-14(15)19/h2-4,11-12,22H,5-10H2,1H3,(H,20,23)/t11-,12-/m0/s1. The fraction of sp³-hybridized carbons (Fsp3) is 0.588. The Morgan fingerprint density at radius 1 is 1.43 bits per heavy atom. The van der Waals surface area contributed by atoms with Gasteiger partial charge in [-0.25, -0.2) is 13.6 Å². The van der Waals surface area contributed by atoms with Crippen LogP contribution in [0.4, 0.5) is 13.6 Å². The van der Waals surface area contributed by atoms with Crippen LogP contribution in [0.15, 0.2) is 18.2 Å². The quantitative estimate of drug-likeness (QED) is 0.894. The van der Waals surface area contributed by atoms with Crippen LogP contribution >= 0.6 is 0 Å². The van der Waals surface area contributed by atoms with Gasteiger partial charge in [0.15, 0.2) is 0 Å². The number of aliphatic hydroxyl groups excluding tert-OH is 1. The molecule has 1 heterocycles. The third kappa shape index (κ3) is 3.17. The summed E-state index contributed by atoms with van der Waals surface area (Å²) in [5.74, 6) is -1.00. The van der Waals surface area contributed by atoms with E-state index in [-0.39, 0.29) is 24.1 Å². The minimum absolute atomic E-state index is 0.0866. The Labute approximate surface area is 134 Å². The molecule has 1 aromatic rings. The largest absolute Gasteiger partial charge is 0.393 e. The van der Waals surface area contributed by atoms with Crippen molar-refractivity contribution in [3.05, 3.63) is 35.4 Å². The first kappa shape index (κ1) is 16.2. The summed E-state index contributed by atoms with van der Waals surface area (Å²) in [5.41, 5.74) is -0.530. The van der Waals surface area contributed by atoms with Crippen molar-refractivity contribution in [1.82, 2.24) is 10.2 Å². The molecular weight excluding hydrogens is 302 g/mol. The molecule has 4 nitrogen and oxygen atoms in total. The molecule has 3 rings (SSSR count). The summed E-state index contributed by atoms with van der Waals surface area (Å²) >= 11 is 0. The average Bonchev–Trinajstić information content (AvgIpc) is 3.10. The number of urea groups is 1. The number of halogens is 2. The SMILES string of the molecule is C[C@H](O)[C@H]1CCN(C(=O)NCC2(c3c(F)cccc3F)CC2)C1. The van der Waals surface area contributed by atoms with Crippen molar-refractivity contribution >= 4 is 6.03 Å². The molecular formula is C17H22F2N2O2. The predicted molar refractivity (Wildman–Crippen MR) is 82.0 cm³/mol. The highest BCUT2D eigenvalue weighted by Gasteiger charge is 2.48. The second-order valence-corrected chi connectivity index (χ2v) is 6.77. The minimum atomic E-state index is -0.617. The van der Waals surface area contributed by atoms with E-state index >= 15 is 0 Å². The molecule has 0 spiro atoms. The zero-order valence-corrected chi connectivity index (χ0v) is 13.2. The van der Waals surface area contributed by atoms with Crippen molar-refractivity contribution in [2.75, 3.05) is 19.6 Å². The Morgan fingerprint density at radius 2 is 2.09 bits per heavy atom. The third-order valence-electron chi connectivity index (χ3n) is 5.12. The number of hydrogen-bond donors (Lipinski definition) is 2. The molecule has 126 valence electrons. The van der Waals surface area contributed by atoms with Crippen LogP contribution in [-0.4, -0.2) is 41.8 Å². The van der Waals surface area contributed by atoms with E-state index < -0.39 is 23.2 Å². The van der Waals surface area contributed by atoms with E-state index in [1.807, 2.05) is 0 Å². The van der Waals surface area contributed by atoms with Crippen LogP contribution in [0.2, 0.25) is 0 Å². The lowest BCUT2D eigenvalue weighted by Crippen LogP contribution is -2.42. The summed E-state index contributed by atoms with van der Waals surface area (Å²) in [5, 5.41) is 12.4. The van der Waals surface area contributed by atoms with Gasteiger partial charge in [0, 0.05) is 36.5 Å². The Kier molecular flexibility index (Phi) is 4.27. The molecule has 2 atom stereocenters. The fourth-order valence-corrected chi connectivity index (χ4v) is 3.39. The monoisotopic (exact) mass is 324 g/mol. The highest BCUT2D eigenvalue weighted by atomic mass is 19.1. The minimum Gasteiger partial charge on any atom is -0.393 e. The number of carbonyl (C=O) groups is 1. The van der Waals surface area contributed by atoms with Crippen molar-refractivity contribution in [2.24, 2.45) is 5.92 Å². The Morgan fingerprint density at radius 3 is 2.61 bits per heavy atom. The Hall–Kier alpha value is -1.69. The second kappa shape index (κ2) is 6.07. The van der Waals surface area contributed by atoms with Crippen molar-refractivity contribution in [3.63, 3.8) is 0 Å². The van der Waals surface area contributed by atoms with E-state index in [1.165, 1.54) is 18.2 Å². The maximum absolute atomic E-state index is 14.0. The van der Waals surface area contributed by atoms with Gasteiger partial charge in [0.05, 0.1) is 6.10 Å². The van der Waals surface area contributed by atoms with Crippen LogP contribution in [-0.2, 0) is 5.41 Å². The molecule has 0 radical (unpaired) electrons. The fourth-order valence-electron chi connectivity index (χ4n) is 3.39. The lowest BCUT2D eigenvalue weighted by molar-refractivity contribution is 0.129. The molecule has 1 aromatic carbocycles. The molecule has 2 N–H and O–H groups in total. The van der Waals surface area contributed by atoms with E-state index in [9.17, 15) is 18.7 Å². The second-order valence-electron chi connectivity index (χ2n) is 6.77. The van der Waals surface area contributed by atoms with Crippen LogP contribution in [0.25, 0.3) is 0 Å². The third-order valence-corrected chi connectivity index (χ3v) is 5.12. The molecule has 23 heavy (non-hydrogen) atoms. The van der Waals surface area contributed by atoms with E-state index in [0.29, 0.717) is 25.9 Å². The van der Waals surface area contributed by atoms with Crippen molar-refractivity contribution in [3.8, 4) is 0 Å². The lowest BCUT2D eigenvalue weighted by atomic mass is 9.94. The van der Waals surface area contributed by atoms with Crippen LogP contribution in [0, 0.1) is 17.6 Å². The van der Waals surface area contributed by atoms with Gasteiger partial charge in [-0.15, -0.1) is 0 Å². The summed E-state index contributed by atoms with van der Waals surface area (Å²) in [4.78, 5) is 13.9. The maximum Gasteiger partial charge on any atom is 0.317 e. The topological polar surface area (TPSA) is 52.6 Å². The van der Waals surface area contributed by atoms with Crippen LogP contribution in [0.5, 0.6) is 0 Å². The van der Waals surface area contributed by atoms with Gasteiger partial charge in [-0.1, -0.05) is 6.07 Å². The predicted octanol–water partition coefficient (Wildman–Crippen LogP) is 2.41. The van der Waals surface area contributed by atoms with Crippen LogP contribution in [0.3, 0.4) is 0 Å². The van der Waals surface area contributed by atoms with Gasteiger partial charge in [0.2, 0.25) is 0 Å². The van der Waals surface area contributed by atoms with Gasteiger partial charge in [-0.3, -0.25) is 0 Å². The summed E-state index contributed by atoms with van der Waals surface area (Å²) in [7, 11) is 0. The molecule has 0 unspecified atom stereocenters. The number of rotatable bonds is 4. The van der Waals surface area contributed by atoms with E-state index in [0.717, 1.165) is 6.42 Å². The molecule has 0 aromatic heterocycles. The first-order valence-corrected chi connectivity index (χ1v) is 8.08. The number of nitrogens with zero attached hydrogens (tertiary/aromatic N) is 1. The number of carbonyl (C=O) groups excluding carboxylic acids is 1. The average molecular weight is 324 g/mol. The first-order chi connectivity index (χ1) is 10.9. The van der Waals surface area contributed by atoms with Gasteiger partial charge >= 0.3 is 6.03 Å². The van der Waals surface area contributed by atoms with E-state index in [1.54, 1.807) is 11.8 Å². The number of nitrogens with one attached hydrogen (secondary N) is 1. The van der Waals surface area contributed by atoms with Gasteiger partial charge < -0.3 is 15.3 Å². The van der Waals surface area contributed by atoms with Crippen LogP contribution < -0.4 is 5.32 Å². The number of aliphatic hydroxyl groups is 1. The molecule has 1 saturated carbocycles. The Bertz CT molecular complexity index is 582. The number of amides is 2. The van der Waals surface area contributed by atoms with Crippen LogP contribution in [0.1, 0.15) is 31.7 Å². The Balaban J connectivity index is 1.61. The normalized spacial score (nSPS) is 23.7. The van der Waals surface area contributed by atoms with Crippen molar-refractivity contribution in [1.29, 1.82) is 0 Å². The first-order valence-electron chi connectivity index (χ1n) is 8.08. The molecule has 0 bridgehead atoms. The molecule has 2 aliphatic rings. The molecule has 1 aliphatic carbocycles. The van der Waals surface area contributed by atoms with Gasteiger partial charge in [-0.05, 0) is 38.3 Å². The molecule has 1 aliphatic heterocycles. The lowest BCUT2D eigenvalue weighted by Gasteiger charge is -2.22. The van der Waals surface area contributed by atoms with Crippen molar-refractivity contribution < 1.29 is 18.7 Å². The highest BCUT2D eigenvalue weighted by Crippen LogP contribution is 2.49. The van der Waals surface area contributed by atoms with E-state index in [4.69, 9.17) is 0 Å². The summed E-state index contributed by atoms with van der Waals surface area (Å²) in [6.07, 6.45) is 1.68. The molecule has 1 saturated heterocycles. The van der Waals surface area contributed by atoms with Gasteiger partial charge in [-0.2, -0.15) is 0 Å². The van der Waals surface area contributed by atoms with E-state index in [2.05, 4.69) is 5.32 Å². The zero-order chi connectivity index (χ0) is 16.6. The van der Waals surface area contributed by atoms with Gasteiger partial charge in [0.1, 0.15) is 11.6 Å². The summed E-state index contributed by atoms with van der Waals surface area (Å²) in [6.45, 7) is 3.08. The smallest absolute Gasteiger partial charge is 0.317 e. The molecule has 2 amide bonds. The highest BCUT2D eigenvalue weighted by molar-refractivity contribution is 5.74.